The van der Waals surface area contributed by atoms with Gasteiger partial charge in [0.25, 0.3) is 15.9 Å². The molecule has 0 spiro atoms. The van der Waals surface area contributed by atoms with Crippen LogP contribution < -0.4 is 10.1 Å². The zero-order chi connectivity index (χ0) is 32.1. The van der Waals surface area contributed by atoms with Gasteiger partial charge in [0, 0.05) is 31.8 Å². The fourth-order valence-corrected chi connectivity index (χ4v) is 7.93. The number of hydrogen-bond acceptors (Lipinski definition) is 9. The van der Waals surface area contributed by atoms with Gasteiger partial charge in [-0.2, -0.15) is 0 Å². The van der Waals surface area contributed by atoms with Gasteiger partial charge < -0.3 is 14.4 Å². The van der Waals surface area contributed by atoms with Crippen LogP contribution in [-0.4, -0.2) is 78.5 Å². The summed E-state index contributed by atoms with van der Waals surface area (Å²) in [6.45, 7) is 9.13. The topological polar surface area (TPSA) is 122 Å². The highest BCUT2D eigenvalue weighted by molar-refractivity contribution is 8.01. The average molecular weight is 654 g/mol. The maximum Gasteiger partial charge on any atom is 0.414 e. The summed E-state index contributed by atoms with van der Waals surface area (Å²) in [4.78, 5) is 41.0. The van der Waals surface area contributed by atoms with Crippen molar-refractivity contribution < 1.29 is 32.3 Å². The number of sulfonamides is 1. The molecule has 0 radical (unpaired) electrons. The Bertz CT molecular complexity index is 1430. The Morgan fingerprint density at radius 1 is 1.09 bits per heavy atom. The Kier molecular flexibility index (Phi) is 11.6. The van der Waals surface area contributed by atoms with E-state index < -0.39 is 45.5 Å². The lowest BCUT2D eigenvalue weighted by atomic mass is 9.95. The molecule has 1 fully saturated rings. The fourth-order valence-electron chi connectivity index (χ4n) is 4.51. The number of nitrogens with zero attached hydrogens (tertiary/aromatic N) is 2. The molecular formula is C30H40ClN3O7S2. The summed E-state index contributed by atoms with van der Waals surface area (Å²) in [7, 11) is -1.48. The molecule has 1 aliphatic heterocycles. The normalized spacial score (nSPS) is 16.9. The number of ether oxygens (including phenoxy) is 2. The second-order valence-corrected chi connectivity index (χ2v) is 14.3. The number of halogens is 1. The summed E-state index contributed by atoms with van der Waals surface area (Å²) in [6.07, 6.45) is 0.0526. The van der Waals surface area contributed by atoms with Crippen LogP contribution in [0.1, 0.15) is 51.7 Å². The summed E-state index contributed by atoms with van der Waals surface area (Å²) in [5.41, 5.74) is 0.924. The number of esters is 1. The highest BCUT2D eigenvalue weighted by atomic mass is 35.5. The molecule has 13 heteroatoms. The van der Waals surface area contributed by atoms with Crippen molar-refractivity contribution in [2.45, 2.75) is 81.8 Å². The van der Waals surface area contributed by atoms with Crippen LogP contribution >= 0.6 is 23.4 Å². The molecule has 10 nitrogen and oxygen atoms in total. The molecule has 0 bridgehead atoms. The van der Waals surface area contributed by atoms with Crippen LogP contribution in [0.5, 0.6) is 5.75 Å². The molecule has 236 valence electrons. The van der Waals surface area contributed by atoms with Crippen molar-refractivity contribution in [1.29, 1.82) is 0 Å². The molecule has 2 amide bonds. The Balaban J connectivity index is 2.11. The SMILES string of the molecule is CCC1(CC)CS[C@@H](C(=O)N([C@@H](Cc2ccc(OC(=O)N(C)C)c(Cl)c2)C(=O)OC(C)C)S(=O)(=O)c2ccc(C)cc2)N1. The van der Waals surface area contributed by atoms with Crippen molar-refractivity contribution in [1.82, 2.24) is 14.5 Å². The lowest BCUT2D eigenvalue weighted by Crippen LogP contribution is -2.56. The molecule has 0 saturated carbocycles. The third kappa shape index (κ3) is 8.23. The average Bonchev–Trinajstić information content (AvgIpc) is 3.39. The summed E-state index contributed by atoms with van der Waals surface area (Å²) in [6, 6.07) is 9.03. The largest absolute Gasteiger partial charge is 0.461 e. The molecule has 2 atom stereocenters. The lowest BCUT2D eigenvalue weighted by molar-refractivity contribution is -0.155. The highest BCUT2D eigenvalue weighted by Crippen LogP contribution is 2.35. The van der Waals surface area contributed by atoms with Crippen molar-refractivity contribution >= 4 is 51.4 Å². The first-order valence-corrected chi connectivity index (χ1v) is 16.9. The van der Waals surface area contributed by atoms with Gasteiger partial charge in [0.1, 0.15) is 11.4 Å². The summed E-state index contributed by atoms with van der Waals surface area (Å²) < 4.78 is 39.9. The van der Waals surface area contributed by atoms with Crippen LogP contribution in [0.2, 0.25) is 5.02 Å². The molecule has 0 aromatic heterocycles. The van der Waals surface area contributed by atoms with E-state index in [-0.39, 0.29) is 27.6 Å². The van der Waals surface area contributed by atoms with E-state index in [4.69, 9.17) is 21.1 Å². The molecule has 43 heavy (non-hydrogen) atoms. The second-order valence-electron chi connectivity index (χ2n) is 11.0. The smallest absolute Gasteiger partial charge is 0.414 e. The quantitative estimate of drug-likeness (QED) is 0.334. The lowest BCUT2D eigenvalue weighted by Gasteiger charge is -2.33. The molecule has 1 aliphatic rings. The Morgan fingerprint density at radius 3 is 2.23 bits per heavy atom. The van der Waals surface area contributed by atoms with Crippen LogP contribution in [0.3, 0.4) is 0 Å². The van der Waals surface area contributed by atoms with Gasteiger partial charge >= 0.3 is 12.1 Å². The standard InChI is InChI=1S/C30H40ClN3O7S2/c1-8-30(9-2)18-42-26(32-30)27(35)34(43(38,39)22-13-10-20(5)11-14-22)24(28(36)40-19(3)4)17-21-12-15-25(23(31)16-21)41-29(37)33(6)7/h10-16,19,24,26,32H,8-9,17-18H2,1-7H3/t24-,26-/m0/s1. The van der Waals surface area contributed by atoms with Crippen LogP contribution in [0, 0.1) is 6.92 Å². The van der Waals surface area contributed by atoms with Gasteiger partial charge in [-0.3, -0.25) is 10.1 Å². The van der Waals surface area contributed by atoms with Crippen LogP contribution in [-0.2, 0) is 30.8 Å². The molecule has 2 aromatic carbocycles. The molecule has 0 unspecified atom stereocenters. The first-order valence-electron chi connectivity index (χ1n) is 14.1. The predicted molar refractivity (Wildman–Crippen MR) is 168 cm³/mol. The van der Waals surface area contributed by atoms with Crippen LogP contribution in [0.25, 0.3) is 0 Å². The van der Waals surface area contributed by atoms with Crippen molar-refractivity contribution in [2.75, 3.05) is 19.8 Å². The van der Waals surface area contributed by atoms with Gasteiger partial charge in [-0.1, -0.05) is 49.2 Å². The molecule has 1 saturated heterocycles. The summed E-state index contributed by atoms with van der Waals surface area (Å²) in [5.74, 6) is -0.938. The van der Waals surface area contributed by atoms with Gasteiger partial charge in [-0.15, -0.1) is 11.8 Å². The Labute approximate surface area is 263 Å². The monoisotopic (exact) mass is 653 g/mol. The fraction of sp³-hybridized carbons (Fsp3) is 0.500. The predicted octanol–water partition coefficient (Wildman–Crippen LogP) is 5.01. The van der Waals surface area contributed by atoms with Gasteiger partial charge in [0.05, 0.1) is 16.0 Å². The van der Waals surface area contributed by atoms with E-state index in [2.05, 4.69) is 5.32 Å². The molecule has 3 rings (SSSR count). The first kappa shape index (κ1) is 34.7. The number of aryl methyl sites for hydroxylation is 1. The molecule has 1 heterocycles. The van der Waals surface area contributed by atoms with Crippen LogP contribution in [0.4, 0.5) is 4.79 Å². The molecule has 2 aromatic rings. The maximum absolute atomic E-state index is 14.2. The zero-order valence-electron chi connectivity index (χ0n) is 25.5. The molecule has 0 aliphatic carbocycles. The molecule has 1 N–H and O–H groups in total. The minimum Gasteiger partial charge on any atom is -0.461 e. The first-order chi connectivity index (χ1) is 20.1. The summed E-state index contributed by atoms with van der Waals surface area (Å²) in [5, 5.41) is 2.52. The third-order valence-corrected chi connectivity index (χ3v) is 10.7. The number of rotatable bonds is 11. The third-order valence-electron chi connectivity index (χ3n) is 7.23. The van der Waals surface area contributed by atoms with Crippen molar-refractivity contribution in [3.8, 4) is 5.75 Å². The van der Waals surface area contributed by atoms with Gasteiger partial charge in [0.2, 0.25) is 0 Å². The van der Waals surface area contributed by atoms with E-state index in [1.54, 1.807) is 32.0 Å². The molecular weight excluding hydrogens is 614 g/mol. The van der Waals surface area contributed by atoms with Crippen molar-refractivity contribution in [3.05, 3.63) is 58.6 Å². The number of carbonyl (C=O) groups is 3. The van der Waals surface area contributed by atoms with Crippen LogP contribution in [0.15, 0.2) is 47.4 Å². The van der Waals surface area contributed by atoms with E-state index in [1.807, 2.05) is 20.8 Å². The number of carbonyl (C=O) groups excluding carboxylic acids is 3. The van der Waals surface area contributed by atoms with Crippen molar-refractivity contribution in [2.24, 2.45) is 0 Å². The van der Waals surface area contributed by atoms with Gasteiger partial charge in [-0.05, 0) is 63.4 Å². The van der Waals surface area contributed by atoms with E-state index in [9.17, 15) is 22.8 Å². The van der Waals surface area contributed by atoms with Gasteiger partial charge in [0.15, 0.2) is 5.75 Å². The summed E-state index contributed by atoms with van der Waals surface area (Å²) >= 11 is 7.73. The maximum atomic E-state index is 14.2. The number of nitrogens with one attached hydrogen (secondary N) is 1. The Morgan fingerprint density at radius 2 is 1.72 bits per heavy atom. The van der Waals surface area contributed by atoms with E-state index in [0.29, 0.717) is 15.6 Å². The number of thioether (sulfide) groups is 1. The van der Waals surface area contributed by atoms with E-state index in [1.165, 1.54) is 55.0 Å². The minimum atomic E-state index is -4.53. The number of benzene rings is 2. The Hall–Kier alpha value is -2.80. The zero-order valence-corrected chi connectivity index (χ0v) is 27.9. The number of hydrogen-bond donors (Lipinski definition) is 1. The minimum absolute atomic E-state index is 0.0756. The second kappa shape index (κ2) is 14.3. The van der Waals surface area contributed by atoms with E-state index >= 15 is 0 Å². The van der Waals surface area contributed by atoms with Gasteiger partial charge in [-0.25, -0.2) is 22.3 Å². The van der Waals surface area contributed by atoms with E-state index in [0.717, 1.165) is 18.4 Å². The van der Waals surface area contributed by atoms with Crippen molar-refractivity contribution in [3.63, 3.8) is 0 Å². The number of amides is 2. The highest BCUT2D eigenvalue weighted by Gasteiger charge is 2.48.